The lowest BCUT2D eigenvalue weighted by molar-refractivity contribution is 0.0697. The van der Waals surface area contributed by atoms with Crippen molar-refractivity contribution in [2.75, 3.05) is 0 Å². The zero-order valence-electron chi connectivity index (χ0n) is 11.4. The highest BCUT2D eigenvalue weighted by molar-refractivity contribution is 5.92. The van der Waals surface area contributed by atoms with Crippen molar-refractivity contribution in [2.45, 2.75) is 19.5 Å². The first kappa shape index (κ1) is 13.2. The Morgan fingerprint density at radius 1 is 1.48 bits per heavy atom. The van der Waals surface area contributed by atoms with Crippen LogP contribution in [0.4, 0.5) is 0 Å². The number of hydrogen-bond acceptors (Lipinski definition) is 3. The van der Waals surface area contributed by atoms with Gasteiger partial charge in [0.1, 0.15) is 0 Å². The van der Waals surface area contributed by atoms with Gasteiger partial charge in [0, 0.05) is 12.4 Å². The molecule has 1 atom stereocenters. The van der Waals surface area contributed by atoms with Gasteiger partial charge in [0.25, 0.3) is 0 Å². The number of aromatic carboxylic acids is 1. The summed E-state index contributed by atoms with van der Waals surface area (Å²) in [6.07, 6.45) is 3.49. The highest BCUT2D eigenvalue weighted by atomic mass is 16.4. The SMILES string of the molecule is CC(Cn1cccn1)n1c(=O)[nH]c2ccc(C(=O)O)cc21. The second-order valence-corrected chi connectivity index (χ2v) is 4.91. The van der Waals surface area contributed by atoms with Crippen molar-refractivity contribution >= 4 is 17.0 Å². The van der Waals surface area contributed by atoms with Crippen molar-refractivity contribution in [3.8, 4) is 0 Å². The van der Waals surface area contributed by atoms with Crippen molar-refractivity contribution in [2.24, 2.45) is 0 Å². The van der Waals surface area contributed by atoms with E-state index in [1.165, 1.54) is 12.1 Å². The first-order chi connectivity index (χ1) is 10.1. The number of rotatable bonds is 4. The molecule has 0 fully saturated rings. The number of imidazole rings is 1. The van der Waals surface area contributed by atoms with E-state index in [9.17, 15) is 9.59 Å². The fourth-order valence-electron chi connectivity index (χ4n) is 2.45. The molecule has 0 aliphatic carbocycles. The minimum absolute atomic E-state index is 0.154. The minimum Gasteiger partial charge on any atom is -0.478 e. The van der Waals surface area contributed by atoms with Gasteiger partial charge in [-0.2, -0.15) is 5.10 Å². The molecule has 0 spiro atoms. The summed E-state index contributed by atoms with van der Waals surface area (Å²) in [5.74, 6) is -1.02. The van der Waals surface area contributed by atoms with Crippen molar-refractivity contribution < 1.29 is 9.90 Å². The van der Waals surface area contributed by atoms with Crippen LogP contribution in [0.3, 0.4) is 0 Å². The lowest BCUT2D eigenvalue weighted by Gasteiger charge is -2.13. The molecule has 0 aliphatic heterocycles. The van der Waals surface area contributed by atoms with Crippen LogP contribution in [0.15, 0.2) is 41.5 Å². The predicted molar refractivity (Wildman–Crippen MR) is 76.5 cm³/mol. The van der Waals surface area contributed by atoms with Crippen LogP contribution in [0, 0.1) is 0 Å². The third-order valence-electron chi connectivity index (χ3n) is 3.42. The zero-order valence-corrected chi connectivity index (χ0v) is 11.4. The van der Waals surface area contributed by atoms with Gasteiger partial charge in [-0.3, -0.25) is 9.25 Å². The molecule has 2 heterocycles. The van der Waals surface area contributed by atoms with Crippen LogP contribution in [-0.2, 0) is 6.54 Å². The predicted octanol–water partition coefficient (Wildman–Crippen LogP) is 1.49. The number of carboxylic acid groups (broad SMARTS) is 1. The molecule has 0 bridgehead atoms. The van der Waals surface area contributed by atoms with Crippen molar-refractivity contribution in [3.05, 3.63) is 52.7 Å². The van der Waals surface area contributed by atoms with Crippen molar-refractivity contribution in [1.29, 1.82) is 0 Å². The second-order valence-electron chi connectivity index (χ2n) is 4.91. The Balaban J connectivity index is 2.08. The molecule has 0 saturated carbocycles. The number of benzene rings is 1. The molecule has 1 unspecified atom stereocenters. The van der Waals surface area contributed by atoms with E-state index in [2.05, 4.69) is 10.1 Å². The van der Waals surface area contributed by atoms with Crippen molar-refractivity contribution in [1.82, 2.24) is 19.3 Å². The van der Waals surface area contributed by atoms with E-state index in [-0.39, 0.29) is 17.3 Å². The molecule has 7 heteroatoms. The average molecular weight is 286 g/mol. The van der Waals surface area contributed by atoms with E-state index >= 15 is 0 Å². The molecular weight excluding hydrogens is 272 g/mol. The Morgan fingerprint density at radius 3 is 2.95 bits per heavy atom. The first-order valence-corrected chi connectivity index (χ1v) is 6.51. The minimum atomic E-state index is -1.02. The Labute approximate surface area is 119 Å². The number of carbonyl (C=O) groups is 1. The molecule has 21 heavy (non-hydrogen) atoms. The molecule has 0 amide bonds. The van der Waals surface area contributed by atoms with Crippen LogP contribution in [0.2, 0.25) is 0 Å². The summed E-state index contributed by atoms with van der Waals surface area (Å²) in [5, 5.41) is 13.2. The van der Waals surface area contributed by atoms with Crippen LogP contribution in [0.5, 0.6) is 0 Å². The summed E-state index contributed by atoms with van der Waals surface area (Å²) in [6.45, 7) is 2.42. The normalized spacial score (nSPS) is 12.6. The van der Waals surface area contributed by atoms with Gasteiger partial charge in [-0.25, -0.2) is 9.59 Å². The molecule has 2 N–H and O–H groups in total. The summed E-state index contributed by atoms with van der Waals surface area (Å²) in [6, 6.07) is 6.25. The number of fused-ring (bicyclic) bond motifs is 1. The number of aromatic amines is 1. The molecule has 7 nitrogen and oxygen atoms in total. The number of nitrogens with zero attached hydrogens (tertiary/aromatic N) is 3. The van der Waals surface area contributed by atoms with Crippen molar-refractivity contribution in [3.63, 3.8) is 0 Å². The first-order valence-electron chi connectivity index (χ1n) is 6.51. The number of carboxylic acids is 1. The molecule has 108 valence electrons. The summed E-state index contributed by atoms with van der Waals surface area (Å²) in [5.41, 5.74) is 1.10. The third-order valence-corrected chi connectivity index (χ3v) is 3.42. The Kier molecular flexibility index (Phi) is 3.09. The Hall–Kier alpha value is -2.83. The maximum Gasteiger partial charge on any atom is 0.335 e. The van der Waals surface area contributed by atoms with E-state index in [1.54, 1.807) is 21.5 Å². The summed E-state index contributed by atoms with van der Waals surface area (Å²) in [7, 11) is 0. The van der Waals surface area contributed by atoms with E-state index in [4.69, 9.17) is 5.11 Å². The van der Waals surface area contributed by atoms with Gasteiger partial charge in [-0.15, -0.1) is 0 Å². The molecule has 1 aromatic carbocycles. The number of nitrogens with one attached hydrogen (secondary N) is 1. The molecule has 3 aromatic rings. The molecule has 2 aromatic heterocycles. The van der Waals surface area contributed by atoms with Crippen LogP contribution in [0.25, 0.3) is 11.0 Å². The maximum absolute atomic E-state index is 12.1. The van der Waals surface area contributed by atoms with Gasteiger partial charge in [-0.05, 0) is 31.2 Å². The maximum atomic E-state index is 12.1. The van der Waals surface area contributed by atoms with Gasteiger partial charge in [0.15, 0.2) is 0 Å². The summed E-state index contributed by atoms with van der Waals surface area (Å²) < 4.78 is 3.29. The molecule has 0 saturated heterocycles. The van der Waals surface area contributed by atoms with Crippen LogP contribution in [0.1, 0.15) is 23.3 Å². The molecular formula is C14H14N4O3. The fourth-order valence-corrected chi connectivity index (χ4v) is 2.45. The van der Waals surface area contributed by atoms with E-state index in [0.29, 0.717) is 17.6 Å². The van der Waals surface area contributed by atoms with E-state index in [0.717, 1.165) is 0 Å². The Morgan fingerprint density at radius 2 is 2.29 bits per heavy atom. The molecule has 0 aliphatic rings. The van der Waals surface area contributed by atoms with Gasteiger partial charge < -0.3 is 10.1 Å². The zero-order chi connectivity index (χ0) is 15.0. The third kappa shape index (κ3) is 2.33. The Bertz CT molecular complexity index is 845. The average Bonchev–Trinajstić information content (AvgIpc) is 3.03. The topological polar surface area (TPSA) is 92.9 Å². The fraction of sp³-hybridized carbons (Fsp3) is 0.214. The standard InChI is InChI=1S/C14H14N4O3/c1-9(8-17-6-2-5-15-17)18-12-7-10(13(19)20)3-4-11(12)16-14(18)21/h2-7,9H,8H2,1H3,(H,16,21)(H,19,20). The van der Waals surface area contributed by atoms with Gasteiger partial charge in [0.05, 0.1) is 29.2 Å². The van der Waals surface area contributed by atoms with Gasteiger partial charge in [0.2, 0.25) is 0 Å². The van der Waals surface area contributed by atoms with E-state index < -0.39 is 5.97 Å². The summed E-state index contributed by atoms with van der Waals surface area (Å²) in [4.78, 5) is 25.9. The monoisotopic (exact) mass is 286 g/mol. The van der Waals surface area contributed by atoms with Gasteiger partial charge in [-0.1, -0.05) is 0 Å². The second kappa shape index (κ2) is 4.93. The van der Waals surface area contributed by atoms with Crippen LogP contribution in [-0.4, -0.2) is 30.4 Å². The van der Waals surface area contributed by atoms with Crippen LogP contribution >= 0.6 is 0 Å². The lowest BCUT2D eigenvalue weighted by Crippen LogP contribution is -2.24. The highest BCUT2D eigenvalue weighted by Crippen LogP contribution is 2.18. The molecule has 0 radical (unpaired) electrons. The number of hydrogen-bond donors (Lipinski definition) is 2. The number of aromatic nitrogens is 4. The molecule has 3 rings (SSSR count). The van der Waals surface area contributed by atoms with E-state index in [1.807, 2.05) is 19.2 Å². The van der Waals surface area contributed by atoms with Crippen LogP contribution < -0.4 is 5.69 Å². The lowest BCUT2D eigenvalue weighted by atomic mass is 10.2. The smallest absolute Gasteiger partial charge is 0.335 e. The quantitative estimate of drug-likeness (QED) is 0.759. The van der Waals surface area contributed by atoms with Gasteiger partial charge >= 0.3 is 11.7 Å². The largest absolute Gasteiger partial charge is 0.478 e. The summed E-state index contributed by atoms with van der Waals surface area (Å²) >= 11 is 0. The number of H-pyrrole nitrogens is 1. The highest BCUT2D eigenvalue weighted by Gasteiger charge is 2.15.